The van der Waals surface area contributed by atoms with E-state index in [9.17, 15) is 0 Å². The van der Waals surface area contributed by atoms with E-state index in [1.165, 1.54) is 110 Å². The molecule has 0 amide bonds. The Hall–Kier alpha value is -6.24. The largest absolute Gasteiger partial charge is 0.0622 e. The first kappa shape index (κ1) is 31.3. The van der Waals surface area contributed by atoms with Crippen LogP contribution in [0.2, 0.25) is 0 Å². The third-order valence-corrected chi connectivity index (χ3v) is 12.9. The van der Waals surface area contributed by atoms with Crippen molar-refractivity contribution in [2.75, 3.05) is 0 Å². The summed E-state index contributed by atoms with van der Waals surface area (Å²) < 4.78 is 0. The molecule has 0 saturated heterocycles. The molecule has 0 saturated carbocycles. The van der Waals surface area contributed by atoms with Crippen molar-refractivity contribution in [1.82, 2.24) is 0 Å². The number of hydrogen-bond acceptors (Lipinski definition) is 0. The van der Waals surface area contributed by atoms with Crippen LogP contribution in [0.1, 0.15) is 49.9 Å². The molecule has 2 aliphatic carbocycles. The molecule has 0 heteroatoms. The molecule has 0 radical (unpaired) electrons. The average Bonchev–Trinajstić information content (AvgIpc) is 3.57. The lowest BCUT2D eigenvalue weighted by atomic mass is 9.77. The topological polar surface area (TPSA) is 0 Å². The van der Waals surface area contributed by atoms with Gasteiger partial charge in [0.1, 0.15) is 0 Å². The molecule has 11 rings (SSSR count). The Morgan fingerprint density at radius 2 is 0.704 bits per heavy atom. The van der Waals surface area contributed by atoms with E-state index >= 15 is 0 Å². The van der Waals surface area contributed by atoms with E-state index in [1.54, 1.807) is 0 Å². The van der Waals surface area contributed by atoms with Crippen molar-refractivity contribution in [2.24, 2.45) is 0 Å². The van der Waals surface area contributed by atoms with Crippen LogP contribution in [0.3, 0.4) is 0 Å². The highest BCUT2D eigenvalue weighted by molar-refractivity contribution is 6.24. The van der Waals surface area contributed by atoms with Crippen LogP contribution in [-0.2, 0) is 10.8 Å². The summed E-state index contributed by atoms with van der Waals surface area (Å²) in [4.78, 5) is 0. The van der Waals surface area contributed by atoms with Gasteiger partial charge in [0, 0.05) is 10.8 Å². The van der Waals surface area contributed by atoms with Crippen LogP contribution in [0.5, 0.6) is 0 Å². The molecular formula is C54H40. The van der Waals surface area contributed by atoms with Crippen molar-refractivity contribution >= 4 is 32.3 Å². The minimum Gasteiger partial charge on any atom is -0.0622 e. The van der Waals surface area contributed by atoms with Crippen LogP contribution in [0, 0.1) is 0 Å². The zero-order chi connectivity index (χ0) is 36.3. The summed E-state index contributed by atoms with van der Waals surface area (Å²) in [7, 11) is 0. The Morgan fingerprint density at radius 3 is 1.35 bits per heavy atom. The van der Waals surface area contributed by atoms with Gasteiger partial charge in [0.05, 0.1) is 0 Å². The molecular weight excluding hydrogens is 649 g/mol. The van der Waals surface area contributed by atoms with E-state index in [4.69, 9.17) is 0 Å². The van der Waals surface area contributed by atoms with Crippen LogP contribution in [-0.4, -0.2) is 0 Å². The van der Waals surface area contributed by atoms with Gasteiger partial charge in [-0.2, -0.15) is 0 Å². The second kappa shape index (κ2) is 11.1. The Labute approximate surface area is 317 Å². The Bertz CT molecular complexity index is 2970. The summed E-state index contributed by atoms with van der Waals surface area (Å²) in [6.45, 7) is 9.62. The van der Waals surface area contributed by atoms with Gasteiger partial charge in [-0.05, 0) is 122 Å². The van der Waals surface area contributed by atoms with Gasteiger partial charge < -0.3 is 0 Å². The number of fused-ring (bicyclic) bond motifs is 9. The van der Waals surface area contributed by atoms with Crippen molar-refractivity contribution in [2.45, 2.75) is 38.5 Å². The maximum absolute atomic E-state index is 2.54. The molecule has 9 aromatic carbocycles. The zero-order valence-corrected chi connectivity index (χ0v) is 31.2. The summed E-state index contributed by atoms with van der Waals surface area (Å²) in [5.41, 5.74) is 18.7. The first-order valence-electron chi connectivity index (χ1n) is 19.3. The summed E-state index contributed by atoms with van der Waals surface area (Å²) in [6.07, 6.45) is 0. The smallest absolute Gasteiger partial charge is 0.0159 e. The minimum absolute atomic E-state index is 0.0241. The molecule has 0 nitrogen and oxygen atoms in total. The van der Waals surface area contributed by atoms with Gasteiger partial charge in [-0.15, -0.1) is 0 Å². The molecule has 2 aliphatic rings. The van der Waals surface area contributed by atoms with Crippen molar-refractivity contribution in [3.05, 3.63) is 192 Å². The van der Waals surface area contributed by atoms with Gasteiger partial charge in [0.15, 0.2) is 0 Å². The molecule has 256 valence electrons. The quantitative estimate of drug-likeness (QED) is 0.162. The van der Waals surface area contributed by atoms with Crippen molar-refractivity contribution in [1.29, 1.82) is 0 Å². The molecule has 9 aromatic rings. The maximum atomic E-state index is 2.54. The van der Waals surface area contributed by atoms with Gasteiger partial charge in [-0.1, -0.05) is 185 Å². The predicted octanol–water partition coefficient (Wildman–Crippen LogP) is 14.8. The Balaban J connectivity index is 1.13. The lowest BCUT2D eigenvalue weighted by Gasteiger charge is -2.26. The lowest BCUT2D eigenvalue weighted by molar-refractivity contribution is 0.639. The van der Waals surface area contributed by atoms with E-state index in [0.717, 1.165) is 0 Å². The first-order valence-corrected chi connectivity index (χ1v) is 19.3. The Kier molecular flexibility index (Phi) is 6.46. The third kappa shape index (κ3) is 4.20. The molecule has 0 spiro atoms. The number of hydrogen-bond donors (Lipinski definition) is 0. The average molecular weight is 689 g/mol. The fourth-order valence-corrected chi connectivity index (χ4v) is 10.2. The van der Waals surface area contributed by atoms with Gasteiger partial charge >= 0.3 is 0 Å². The fourth-order valence-electron chi connectivity index (χ4n) is 10.2. The number of rotatable bonds is 3. The summed E-state index contributed by atoms with van der Waals surface area (Å²) in [5.74, 6) is 0. The van der Waals surface area contributed by atoms with E-state index in [-0.39, 0.29) is 10.8 Å². The molecule has 0 bridgehead atoms. The molecule has 0 unspecified atom stereocenters. The normalized spacial score (nSPS) is 14.6. The lowest BCUT2D eigenvalue weighted by Crippen LogP contribution is -2.18. The molecule has 54 heavy (non-hydrogen) atoms. The van der Waals surface area contributed by atoms with E-state index in [2.05, 4.69) is 198 Å². The van der Waals surface area contributed by atoms with Crippen molar-refractivity contribution < 1.29 is 0 Å². The van der Waals surface area contributed by atoms with Crippen molar-refractivity contribution in [3.63, 3.8) is 0 Å². The highest BCUT2D eigenvalue weighted by atomic mass is 14.4. The second-order valence-corrected chi connectivity index (χ2v) is 16.4. The molecule has 0 atom stereocenters. The molecule has 0 aromatic heterocycles. The zero-order valence-electron chi connectivity index (χ0n) is 31.2. The third-order valence-electron chi connectivity index (χ3n) is 12.9. The van der Waals surface area contributed by atoms with E-state index < -0.39 is 0 Å². The van der Waals surface area contributed by atoms with Gasteiger partial charge in [0.25, 0.3) is 0 Å². The van der Waals surface area contributed by atoms with Gasteiger partial charge in [0.2, 0.25) is 0 Å². The van der Waals surface area contributed by atoms with E-state index in [0.29, 0.717) is 0 Å². The highest BCUT2D eigenvalue weighted by Gasteiger charge is 2.41. The monoisotopic (exact) mass is 688 g/mol. The molecule has 0 fully saturated rings. The van der Waals surface area contributed by atoms with Gasteiger partial charge in [-0.3, -0.25) is 0 Å². The molecule has 0 heterocycles. The van der Waals surface area contributed by atoms with Crippen LogP contribution in [0.25, 0.3) is 88.0 Å². The van der Waals surface area contributed by atoms with Crippen LogP contribution in [0.15, 0.2) is 170 Å². The maximum Gasteiger partial charge on any atom is 0.0159 e. The standard InChI is InChI=1S/C54H40/c1-53(2)47-25-15-14-20-38(47)45-31-46-39-27-26-34(30-48(39)54(3,4)50(46)32-49(45)53)51-40-21-10-12-23-42(40)52(43-24-13-11-22-41(43)51)44-29-28-35(33-16-6-5-7-17-33)36-18-8-9-19-37(36)44/h5-32H,1-4H3. The van der Waals surface area contributed by atoms with Crippen LogP contribution >= 0.6 is 0 Å². The van der Waals surface area contributed by atoms with Crippen LogP contribution < -0.4 is 0 Å². The first-order chi connectivity index (χ1) is 26.3. The fraction of sp³-hybridized carbons (Fsp3) is 0.111. The summed E-state index contributed by atoms with van der Waals surface area (Å²) >= 11 is 0. The minimum atomic E-state index is -0.133. The molecule has 0 aliphatic heterocycles. The highest BCUT2D eigenvalue weighted by Crippen LogP contribution is 2.57. The Morgan fingerprint density at radius 1 is 0.259 bits per heavy atom. The second-order valence-electron chi connectivity index (χ2n) is 16.4. The predicted molar refractivity (Wildman–Crippen MR) is 230 cm³/mol. The van der Waals surface area contributed by atoms with Crippen molar-refractivity contribution in [3.8, 4) is 55.6 Å². The summed E-state index contributed by atoms with van der Waals surface area (Å²) in [5, 5.41) is 7.68. The SMILES string of the molecule is CC1(C)c2ccccc2-c2cc3c(cc21)C(C)(C)c1cc(-c2c4ccccc4c(-c4ccc(-c5ccccc5)c5ccccc45)c4ccccc24)ccc1-3. The summed E-state index contributed by atoms with van der Waals surface area (Å²) in [6, 6.07) is 63.8. The molecule has 0 N–H and O–H groups in total. The van der Waals surface area contributed by atoms with Crippen LogP contribution in [0.4, 0.5) is 0 Å². The van der Waals surface area contributed by atoms with E-state index in [1.807, 2.05) is 0 Å². The van der Waals surface area contributed by atoms with Gasteiger partial charge in [-0.25, -0.2) is 0 Å². The number of benzene rings is 9.